The van der Waals surface area contributed by atoms with E-state index in [9.17, 15) is 14.4 Å². The smallest absolute Gasteiger partial charge is 0.246 e. The quantitative estimate of drug-likeness (QED) is 0.147. The number of carbonyl (C=O) groups is 3. The number of methoxy groups -OCH3 is 1. The minimum absolute atomic E-state index is 0.108. The lowest BCUT2D eigenvalue weighted by Gasteiger charge is -2.30. The molecule has 3 fully saturated rings. The highest BCUT2D eigenvalue weighted by Crippen LogP contribution is 2.47. The summed E-state index contributed by atoms with van der Waals surface area (Å²) in [6.07, 6.45) is 10.7. The van der Waals surface area contributed by atoms with Gasteiger partial charge in [0.1, 0.15) is 45.9 Å². The fourth-order valence-corrected chi connectivity index (χ4v) is 9.20. The van der Waals surface area contributed by atoms with Crippen molar-refractivity contribution in [1.29, 1.82) is 0 Å². The summed E-state index contributed by atoms with van der Waals surface area (Å²) in [4.78, 5) is 55.1. The molecular weight excluding hydrogens is 737 g/mol. The summed E-state index contributed by atoms with van der Waals surface area (Å²) in [6, 6.07) is 14.1. The van der Waals surface area contributed by atoms with Gasteiger partial charge in [0.05, 0.1) is 24.9 Å². The topological polar surface area (TPSA) is 135 Å². The van der Waals surface area contributed by atoms with Crippen LogP contribution in [0.4, 0.5) is 5.69 Å². The molecule has 0 spiro atoms. The van der Waals surface area contributed by atoms with Crippen molar-refractivity contribution in [3.8, 4) is 22.2 Å². The summed E-state index contributed by atoms with van der Waals surface area (Å²) in [5.41, 5.74) is 2.85. The first-order valence-corrected chi connectivity index (χ1v) is 21.4. The maximum Gasteiger partial charge on any atom is 0.246 e. The highest BCUT2D eigenvalue weighted by Gasteiger charge is 2.62. The summed E-state index contributed by atoms with van der Waals surface area (Å²) in [5, 5.41) is 13.6. The van der Waals surface area contributed by atoms with Crippen LogP contribution in [0.5, 0.6) is 11.5 Å². The van der Waals surface area contributed by atoms with Gasteiger partial charge in [-0.1, -0.05) is 57.0 Å². The van der Waals surface area contributed by atoms with Gasteiger partial charge in [0, 0.05) is 46.0 Å². The number of amides is 3. The normalized spacial score (nSPS) is 26.4. The van der Waals surface area contributed by atoms with Gasteiger partial charge in [-0.25, -0.2) is 9.97 Å². The Kier molecular flexibility index (Phi) is 10.7. The molecule has 57 heavy (non-hydrogen) atoms. The highest BCUT2D eigenvalue weighted by atomic mass is 32.1. The number of rotatable bonds is 9. The summed E-state index contributed by atoms with van der Waals surface area (Å²) in [7, 11) is 1.65. The fourth-order valence-electron chi connectivity index (χ4n) is 8.26. The van der Waals surface area contributed by atoms with E-state index >= 15 is 0 Å². The molecule has 4 aliphatic rings. The summed E-state index contributed by atoms with van der Waals surface area (Å²) < 4.78 is 12.6. The van der Waals surface area contributed by atoms with Crippen molar-refractivity contribution in [2.45, 2.75) is 121 Å². The molecule has 12 heteroatoms. The third-order valence-electron chi connectivity index (χ3n) is 12.2. The van der Waals surface area contributed by atoms with Gasteiger partial charge < -0.3 is 30.3 Å². The van der Waals surface area contributed by atoms with Gasteiger partial charge in [0.2, 0.25) is 17.7 Å². The predicted octanol–water partition coefficient (Wildman–Crippen LogP) is 7.69. The van der Waals surface area contributed by atoms with Gasteiger partial charge in [0.15, 0.2) is 0 Å². The number of anilines is 1. The lowest BCUT2D eigenvalue weighted by molar-refractivity contribution is -0.140. The van der Waals surface area contributed by atoms with E-state index in [1.54, 1.807) is 23.3 Å². The highest BCUT2D eigenvalue weighted by molar-refractivity contribution is 7.13. The Hall–Kier alpha value is -4.97. The molecule has 3 N–H and O–H groups in total. The molecule has 11 nitrogen and oxygen atoms in total. The summed E-state index contributed by atoms with van der Waals surface area (Å²) >= 11 is 1.54. The minimum Gasteiger partial charge on any atom is -0.496 e. The Labute approximate surface area is 339 Å². The number of aromatic nitrogens is 2. The van der Waals surface area contributed by atoms with Gasteiger partial charge in [-0.3, -0.25) is 14.4 Å². The van der Waals surface area contributed by atoms with Crippen molar-refractivity contribution in [3.63, 3.8) is 0 Å². The first-order chi connectivity index (χ1) is 27.5. The standard InChI is InChI=1S/C45H54N6O5S/c1-27(2)35-26-57-41(48-35)34-23-38(32-18-19-37(55-5)28(3)39(32)47-34)56-31-22-36-40(52)49-45(43(54)50-44(4)20-21-44)24-29(45)14-10-7-6-8-13-17-33(42(53)51(36)25-31)46-30-15-11-9-12-16-30/h9-12,14-16,18-19,23,26-27,29,31,33,36,46H,6-8,13,17,20-22,24-25H2,1-5H3,(H,49,52)(H,50,54)/b14-10-/t29-,31-,33+,36+,45-/m1/s1. The molecule has 2 aromatic carbocycles. The molecule has 4 heterocycles. The van der Waals surface area contributed by atoms with Crippen LogP contribution in [-0.2, 0) is 14.4 Å². The van der Waals surface area contributed by atoms with E-state index in [1.165, 1.54) is 0 Å². The second kappa shape index (κ2) is 15.8. The molecule has 2 saturated carbocycles. The van der Waals surface area contributed by atoms with Gasteiger partial charge in [0.25, 0.3) is 0 Å². The second-order valence-corrected chi connectivity index (χ2v) is 17.8. The van der Waals surface area contributed by atoms with E-state index in [1.807, 2.05) is 62.4 Å². The van der Waals surface area contributed by atoms with Crippen LogP contribution in [0.15, 0.2) is 66.1 Å². The average Bonchev–Trinajstić information content (AvgIpc) is 3.93. The molecule has 2 aliphatic carbocycles. The van der Waals surface area contributed by atoms with E-state index in [0.717, 1.165) is 71.4 Å². The number of benzene rings is 2. The number of nitrogens with one attached hydrogen (secondary N) is 3. The molecule has 2 aliphatic heterocycles. The SMILES string of the molecule is COc1ccc2c(O[C@@H]3C[C@H]4C(=O)N[C@]5(C(=O)NC6(C)CC6)C[C@H]5/C=C\CCCCC[C@H](Nc5ccccc5)C(=O)N4C3)cc(-c3nc(C(C)C)cs3)nc2c1C. The maximum absolute atomic E-state index is 14.8. The van der Waals surface area contributed by atoms with Crippen LogP contribution in [0, 0.1) is 12.8 Å². The zero-order chi connectivity index (χ0) is 39.9. The number of hydrogen-bond donors (Lipinski definition) is 3. The number of fused-ring (bicyclic) bond motifs is 3. The molecule has 2 aromatic heterocycles. The molecule has 4 aromatic rings. The second-order valence-electron chi connectivity index (χ2n) is 16.9. The minimum atomic E-state index is -1.05. The maximum atomic E-state index is 14.8. The predicted molar refractivity (Wildman–Crippen MR) is 224 cm³/mol. The molecule has 1 saturated heterocycles. The molecule has 0 unspecified atom stereocenters. The Balaban J connectivity index is 1.15. The van der Waals surface area contributed by atoms with Gasteiger partial charge in [-0.2, -0.15) is 0 Å². The average molecular weight is 791 g/mol. The van der Waals surface area contributed by atoms with Crippen LogP contribution in [0.1, 0.15) is 95.7 Å². The monoisotopic (exact) mass is 790 g/mol. The first kappa shape index (κ1) is 38.9. The molecule has 8 rings (SSSR count). The van der Waals surface area contributed by atoms with E-state index in [0.29, 0.717) is 30.0 Å². The first-order valence-electron chi connectivity index (χ1n) is 20.5. The van der Waals surface area contributed by atoms with Crippen LogP contribution in [-0.4, -0.2) is 75.5 Å². The number of carbonyl (C=O) groups excluding carboxylic acids is 3. The Morgan fingerprint density at radius 2 is 1.86 bits per heavy atom. The number of nitrogens with zero attached hydrogens (tertiary/aromatic N) is 3. The van der Waals surface area contributed by atoms with Crippen molar-refractivity contribution in [3.05, 3.63) is 77.3 Å². The molecule has 0 radical (unpaired) electrons. The van der Waals surface area contributed by atoms with Crippen molar-refractivity contribution in [2.75, 3.05) is 19.0 Å². The van der Waals surface area contributed by atoms with E-state index in [4.69, 9.17) is 19.4 Å². The molecule has 5 atom stereocenters. The molecule has 300 valence electrons. The number of hydrogen-bond acceptors (Lipinski definition) is 9. The van der Waals surface area contributed by atoms with Crippen molar-refractivity contribution in [2.24, 2.45) is 5.92 Å². The lowest BCUT2D eigenvalue weighted by atomic mass is 10.0. The van der Waals surface area contributed by atoms with Crippen LogP contribution in [0.2, 0.25) is 0 Å². The third-order valence-corrected chi connectivity index (χ3v) is 13.1. The van der Waals surface area contributed by atoms with E-state index < -0.39 is 23.7 Å². The molecule has 3 amide bonds. The fraction of sp³-hybridized carbons (Fsp3) is 0.489. The Morgan fingerprint density at radius 3 is 2.60 bits per heavy atom. The molecule has 0 bridgehead atoms. The Bertz CT molecular complexity index is 2180. The van der Waals surface area contributed by atoms with E-state index in [-0.39, 0.29) is 48.1 Å². The number of para-hydroxylation sites is 1. The van der Waals surface area contributed by atoms with Crippen LogP contribution in [0.3, 0.4) is 0 Å². The third kappa shape index (κ3) is 8.10. The van der Waals surface area contributed by atoms with Crippen molar-refractivity contribution >= 4 is 45.6 Å². The molecular formula is C45H54N6O5S. The number of thiazole rings is 1. The van der Waals surface area contributed by atoms with Gasteiger partial charge in [-0.05, 0) is 82.6 Å². The summed E-state index contributed by atoms with van der Waals surface area (Å²) in [6.45, 7) is 8.47. The van der Waals surface area contributed by atoms with Crippen LogP contribution >= 0.6 is 11.3 Å². The van der Waals surface area contributed by atoms with Gasteiger partial charge >= 0.3 is 0 Å². The number of ether oxygens (including phenoxy) is 2. The number of aryl methyl sites for hydroxylation is 1. The van der Waals surface area contributed by atoms with Crippen LogP contribution < -0.4 is 25.4 Å². The van der Waals surface area contributed by atoms with Crippen molar-refractivity contribution < 1.29 is 23.9 Å². The zero-order valence-electron chi connectivity index (χ0n) is 33.6. The van der Waals surface area contributed by atoms with Crippen molar-refractivity contribution in [1.82, 2.24) is 25.5 Å². The number of pyridine rings is 1. The largest absolute Gasteiger partial charge is 0.496 e. The zero-order valence-corrected chi connectivity index (χ0v) is 34.4. The summed E-state index contributed by atoms with van der Waals surface area (Å²) in [5.74, 6) is 0.842. The Morgan fingerprint density at radius 1 is 1.05 bits per heavy atom. The number of allylic oxidation sites excluding steroid dienone is 1. The lowest BCUT2D eigenvalue weighted by Crippen LogP contribution is -2.58. The van der Waals surface area contributed by atoms with Gasteiger partial charge in [-0.15, -0.1) is 11.3 Å². The van der Waals surface area contributed by atoms with Crippen LogP contribution in [0.25, 0.3) is 21.6 Å². The van der Waals surface area contributed by atoms with E-state index in [2.05, 4.69) is 47.3 Å².